The highest BCUT2D eigenvalue weighted by Gasteiger charge is 2.27. The van der Waals surface area contributed by atoms with Crippen LogP contribution in [-0.2, 0) is 0 Å². The zero-order valence-electron chi connectivity index (χ0n) is 8.86. The molecule has 0 fully saturated rings. The normalized spacial score (nSPS) is 10.2. The summed E-state index contributed by atoms with van der Waals surface area (Å²) in [5, 5.41) is 31.7. The molecule has 1 aromatic carbocycles. The second-order valence-electron chi connectivity index (χ2n) is 3.01. The molecule has 10 nitrogen and oxygen atoms in total. The Hall–Kier alpha value is -3.04. The first kappa shape index (κ1) is 13.0. The molecule has 0 radical (unpaired) electrons. The van der Waals surface area contributed by atoms with Crippen LogP contribution in [0.25, 0.3) is 0 Å². The topological polar surface area (TPSA) is 161 Å². The van der Waals surface area contributed by atoms with Crippen molar-refractivity contribution in [1.29, 1.82) is 5.41 Å². The standard InChI is InChI=1S/C8H8N6O4/c9-8(10)12-11-4-5-2-1-3-6(13(15)16)7(5)14(17)18/h1-4H,(H4,9,10,12)/b11-4+. The van der Waals surface area contributed by atoms with Gasteiger partial charge in [0.2, 0.25) is 5.96 Å². The van der Waals surface area contributed by atoms with Crippen LogP contribution < -0.4 is 11.2 Å². The van der Waals surface area contributed by atoms with Crippen LogP contribution in [0.2, 0.25) is 0 Å². The number of rotatable bonds is 4. The van der Waals surface area contributed by atoms with Crippen LogP contribution in [-0.4, -0.2) is 22.0 Å². The molecule has 1 aromatic rings. The molecule has 0 saturated heterocycles. The zero-order chi connectivity index (χ0) is 13.7. The average molecular weight is 252 g/mol. The Kier molecular flexibility index (Phi) is 3.86. The van der Waals surface area contributed by atoms with Gasteiger partial charge in [-0.25, -0.2) is 5.43 Å². The average Bonchev–Trinajstić information content (AvgIpc) is 2.27. The SMILES string of the molecule is N=C(N)N/N=C/c1cccc([N+](=O)[O-])c1[N+](=O)[O-]. The molecule has 0 spiro atoms. The summed E-state index contributed by atoms with van der Waals surface area (Å²) < 4.78 is 0. The molecule has 0 bridgehead atoms. The van der Waals surface area contributed by atoms with Crippen molar-refractivity contribution >= 4 is 23.5 Å². The Morgan fingerprint density at radius 1 is 1.39 bits per heavy atom. The molecule has 4 N–H and O–H groups in total. The Labute approximate surface area is 99.9 Å². The molecule has 0 heterocycles. The molecule has 0 atom stereocenters. The number of guanidine groups is 1. The minimum atomic E-state index is -0.868. The van der Waals surface area contributed by atoms with Gasteiger partial charge in [-0.15, -0.1) is 0 Å². The lowest BCUT2D eigenvalue weighted by Crippen LogP contribution is -2.25. The minimum absolute atomic E-state index is 0.0667. The van der Waals surface area contributed by atoms with Gasteiger partial charge in [-0.3, -0.25) is 25.6 Å². The molecule has 0 aliphatic carbocycles. The first-order valence-corrected chi connectivity index (χ1v) is 4.48. The summed E-state index contributed by atoms with van der Waals surface area (Å²) in [5.74, 6) is -0.459. The quantitative estimate of drug-likeness (QED) is 0.302. The monoisotopic (exact) mass is 252 g/mol. The highest BCUT2D eigenvalue weighted by molar-refractivity contribution is 5.89. The maximum absolute atomic E-state index is 10.8. The fourth-order valence-electron chi connectivity index (χ4n) is 1.17. The van der Waals surface area contributed by atoms with Gasteiger partial charge in [-0.1, -0.05) is 6.07 Å². The van der Waals surface area contributed by atoms with Gasteiger partial charge < -0.3 is 5.73 Å². The first-order valence-electron chi connectivity index (χ1n) is 4.48. The summed E-state index contributed by atoms with van der Waals surface area (Å²) in [6.45, 7) is 0. The van der Waals surface area contributed by atoms with Crippen molar-refractivity contribution in [2.24, 2.45) is 10.8 Å². The molecule has 0 amide bonds. The number of hydrazone groups is 1. The molecule has 94 valence electrons. The molecule has 10 heteroatoms. The first-order chi connectivity index (χ1) is 8.43. The molecule has 0 aromatic heterocycles. The second-order valence-corrected chi connectivity index (χ2v) is 3.01. The summed E-state index contributed by atoms with van der Waals surface area (Å²) in [6, 6.07) is 3.60. The number of nitro groups is 2. The van der Waals surface area contributed by atoms with E-state index in [0.29, 0.717) is 0 Å². The van der Waals surface area contributed by atoms with E-state index in [9.17, 15) is 20.2 Å². The number of nitrogens with two attached hydrogens (primary N) is 1. The number of nitrogens with one attached hydrogen (secondary N) is 2. The summed E-state index contributed by atoms with van der Waals surface area (Å²) in [4.78, 5) is 19.7. The highest BCUT2D eigenvalue weighted by Crippen LogP contribution is 2.29. The van der Waals surface area contributed by atoms with Gasteiger partial charge in [0.15, 0.2) is 0 Å². The lowest BCUT2D eigenvalue weighted by molar-refractivity contribution is -0.422. The third-order valence-corrected chi connectivity index (χ3v) is 1.81. The van der Waals surface area contributed by atoms with E-state index in [1.807, 2.05) is 5.43 Å². The Balaban J connectivity index is 3.23. The summed E-state index contributed by atoms with van der Waals surface area (Å²) in [5.41, 5.74) is 5.63. The Morgan fingerprint density at radius 3 is 2.56 bits per heavy atom. The lowest BCUT2D eigenvalue weighted by atomic mass is 10.1. The number of nitro benzene ring substituents is 2. The van der Waals surface area contributed by atoms with Crippen LogP contribution in [0, 0.1) is 25.6 Å². The van der Waals surface area contributed by atoms with E-state index < -0.39 is 27.2 Å². The maximum atomic E-state index is 10.8. The fourth-order valence-corrected chi connectivity index (χ4v) is 1.17. The van der Waals surface area contributed by atoms with E-state index in [4.69, 9.17) is 11.1 Å². The summed E-state index contributed by atoms with van der Waals surface area (Å²) >= 11 is 0. The minimum Gasteiger partial charge on any atom is -0.369 e. The third-order valence-electron chi connectivity index (χ3n) is 1.81. The number of nitrogens with zero attached hydrogens (tertiary/aromatic N) is 3. The largest absolute Gasteiger partial charge is 0.369 e. The maximum Gasteiger partial charge on any atom is 0.354 e. The van der Waals surface area contributed by atoms with Gasteiger partial charge >= 0.3 is 11.4 Å². The van der Waals surface area contributed by atoms with Crippen LogP contribution in [0.5, 0.6) is 0 Å². The lowest BCUT2D eigenvalue weighted by Gasteiger charge is -1.98. The van der Waals surface area contributed by atoms with E-state index in [1.54, 1.807) is 0 Å². The van der Waals surface area contributed by atoms with E-state index in [1.165, 1.54) is 12.1 Å². The Morgan fingerprint density at radius 2 is 2.06 bits per heavy atom. The predicted molar refractivity (Wildman–Crippen MR) is 62.4 cm³/mol. The second kappa shape index (κ2) is 5.34. The van der Waals surface area contributed by atoms with Crippen LogP contribution >= 0.6 is 0 Å². The van der Waals surface area contributed by atoms with Crippen LogP contribution in [0.1, 0.15) is 5.56 Å². The smallest absolute Gasteiger partial charge is 0.354 e. The van der Waals surface area contributed by atoms with E-state index >= 15 is 0 Å². The van der Waals surface area contributed by atoms with Crippen molar-refractivity contribution in [3.63, 3.8) is 0 Å². The predicted octanol–water partition coefficient (Wildman–Crippen LogP) is 0.320. The third kappa shape index (κ3) is 2.98. The number of hydrogen-bond acceptors (Lipinski definition) is 6. The molecule has 0 aliphatic rings. The van der Waals surface area contributed by atoms with Gasteiger partial charge in [0.1, 0.15) is 0 Å². The van der Waals surface area contributed by atoms with E-state index in [0.717, 1.165) is 12.3 Å². The molecular formula is C8H8N6O4. The molecule has 1 rings (SSSR count). The molecule has 0 unspecified atom stereocenters. The highest BCUT2D eigenvalue weighted by atomic mass is 16.6. The van der Waals surface area contributed by atoms with Crippen LogP contribution in [0.3, 0.4) is 0 Å². The summed E-state index contributed by atoms with van der Waals surface area (Å²) in [7, 11) is 0. The van der Waals surface area contributed by atoms with Gasteiger partial charge in [0.05, 0.1) is 21.6 Å². The van der Waals surface area contributed by atoms with Gasteiger partial charge in [0, 0.05) is 6.07 Å². The molecule has 18 heavy (non-hydrogen) atoms. The van der Waals surface area contributed by atoms with Crippen molar-refractivity contribution in [3.8, 4) is 0 Å². The number of hydrogen-bond donors (Lipinski definition) is 3. The van der Waals surface area contributed by atoms with E-state index in [2.05, 4.69) is 5.10 Å². The van der Waals surface area contributed by atoms with Crippen molar-refractivity contribution in [2.75, 3.05) is 0 Å². The number of benzene rings is 1. The summed E-state index contributed by atoms with van der Waals surface area (Å²) in [6.07, 6.45) is 0.979. The van der Waals surface area contributed by atoms with Crippen molar-refractivity contribution in [3.05, 3.63) is 44.0 Å². The number of para-hydroxylation sites is 1. The molecular weight excluding hydrogens is 244 g/mol. The fraction of sp³-hybridized carbons (Fsp3) is 0. The van der Waals surface area contributed by atoms with E-state index in [-0.39, 0.29) is 5.56 Å². The van der Waals surface area contributed by atoms with Gasteiger partial charge in [-0.05, 0) is 6.07 Å². The molecule has 0 saturated carbocycles. The Bertz CT molecular complexity index is 540. The van der Waals surface area contributed by atoms with Crippen molar-refractivity contribution in [2.45, 2.75) is 0 Å². The van der Waals surface area contributed by atoms with Gasteiger partial charge in [-0.2, -0.15) is 5.10 Å². The van der Waals surface area contributed by atoms with Crippen LogP contribution in [0.4, 0.5) is 11.4 Å². The molecule has 0 aliphatic heterocycles. The zero-order valence-corrected chi connectivity index (χ0v) is 8.86. The van der Waals surface area contributed by atoms with Crippen molar-refractivity contribution in [1.82, 2.24) is 5.43 Å². The van der Waals surface area contributed by atoms with Crippen LogP contribution in [0.15, 0.2) is 23.3 Å². The van der Waals surface area contributed by atoms with Crippen molar-refractivity contribution < 1.29 is 9.85 Å². The van der Waals surface area contributed by atoms with Gasteiger partial charge in [0.25, 0.3) is 0 Å².